The monoisotopic (exact) mass is 273 g/mol. The largest absolute Gasteiger partial charge is 0.430 e. The molecule has 0 fully saturated rings. The number of nitrogen functional groups attached to an aromatic ring is 1. The number of anilines is 1. The Morgan fingerprint density at radius 1 is 1.00 bits per heavy atom. The van der Waals surface area contributed by atoms with Crippen molar-refractivity contribution in [3.05, 3.63) is 29.3 Å². The first-order valence-electron chi connectivity index (χ1n) is 4.63. The molecule has 0 aliphatic rings. The molecule has 0 radical (unpaired) electrons. The molecule has 0 heterocycles. The van der Waals surface area contributed by atoms with Crippen LogP contribution in [0.2, 0.25) is 0 Å². The third-order valence-electron chi connectivity index (χ3n) is 2.51. The summed E-state index contributed by atoms with van der Waals surface area (Å²) in [5.41, 5.74) is -0.863. The highest BCUT2D eigenvalue weighted by Crippen LogP contribution is 2.50. The molecule has 0 aliphatic carbocycles. The zero-order valence-electron chi connectivity index (χ0n) is 9.02. The molecule has 0 saturated heterocycles. The molecule has 0 saturated carbocycles. The van der Waals surface area contributed by atoms with Crippen molar-refractivity contribution in [3.8, 4) is 0 Å². The van der Waals surface area contributed by atoms with Crippen molar-refractivity contribution >= 4 is 5.69 Å². The minimum Gasteiger partial charge on any atom is -0.399 e. The second-order valence-corrected chi connectivity index (χ2v) is 3.78. The number of aryl methyl sites for hydroxylation is 1. The summed E-state index contributed by atoms with van der Waals surface area (Å²) in [7, 11) is 0. The summed E-state index contributed by atoms with van der Waals surface area (Å²) in [6, 6.07) is 1.95. The summed E-state index contributed by atoms with van der Waals surface area (Å²) in [4.78, 5) is 0. The Bertz CT molecular complexity index is 437. The van der Waals surface area contributed by atoms with Crippen molar-refractivity contribution in [2.45, 2.75) is 24.9 Å². The van der Waals surface area contributed by atoms with E-state index in [9.17, 15) is 26.3 Å². The highest BCUT2D eigenvalue weighted by Gasteiger charge is 2.71. The minimum atomic E-state index is -5.88. The van der Waals surface area contributed by atoms with Gasteiger partial charge in [-0.15, -0.1) is 0 Å². The fraction of sp³-hybridized carbons (Fsp3) is 0.400. The molecule has 102 valence electrons. The van der Waals surface area contributed by atoms with E-state index in [1.807, 2.05) is 0 Å². The molecule has 0 bridgehead atoms. The van der Waals surface area contributed by atoms with Crippen molar-refractivity contribution in [3.63, 3.8) is 0 Å². The number of alkyl halides is 6. The summed E-state index contributed by atoms with van der Waals surface area (Å²) in [6.07, 6.45) is -11.8. The quantitative estimate of drug-likeness (QED) is 0.610. The maximum absolute atomic E-state index is 12.5. The average Bonchev–Trinajstić information content (AvgIpc) is 2.17. The second-order valence-electron chi connectivity index (χ2n) is 3.78. The average molecular weight is 273 g/mol. The Kier molecular flexibility index (Phi) is 3.28. The Hall–Kier alpha value is -1.44. The number of aliphatic hydroxyl groups is 1. The van der Waals surface area contributed by atoms with Crippen LogP contribution in [0.5, 0.6) is 0 Å². The number of hydrogen-bond donors (Lipinski definition) is 2. The van der Waals surface area contributed by atoms with Crippen molar-refractivity contribution in [1.29, 1.82) is 0 Å². The van der Waals surface area contributed by atoms with Crippen LogP contribution in [-0.2, 0) is 5.60 Å². The SMILES string of the molecule is Cc1cc(C(O)(C(F)(F)F)C(F)(F)F)ccc1N. The highest BCUT2D eigenvalue weighted by molar-refractivity contribution is 5.49. The van der Waals surface area contributed by atoms with Crippen LogP contribution >= 0.6 is 0 Å². The lowest BCUT2D eigenvalue weighted by Crippen LogP contribution is -2.53. The predicted octanol–water partition coefficient (Wildman–Crippen LogP) is 2.89. The van der Waals surface area contributed by atoms with Crippen LogP contribution in [-0.4, -0.2) is 17.5 Å². The summed E-state index contributed by atoms with van der Waals surface area (Å²) in [5, 5.41) is 9.08. The Morgan fingerprint density at radius 2 is 1.44 bits per heavy atom. The molecule has 0 amide bonds. The van der Waals surface area contributed by atoms with Crippen LogP contribution in [0, 0.1) is 6.92 Å². The third-order valence-corrected chi connectivity index (χ3v) is 2.51. The predicted molar refractivity (Wildman–Crippen MR) is 51.6 cm³/mol. The van der Waals surface area contributed by atoms with Crippen LogP contribution in [0.1, 0.15) is 11.1 Å². The molecule has 1 aromatic rings. The Labute approximate surface area is 98.0 Å². The van der Waals surface area contributed by atoms with Crippen molar-refractivity contribution in [1.82, 2.24) is 0 Å². The van der Waals surface area contributed by atoms with Gasteiger partial charge in [0.15, 0.2) is 0 Å². The maximum Gasteiger partial charge on any atom is 0.430 e. The molecule has 0 spiro atoms. The molecule has 0 unspecified atom stereocenters. The normalized spacial score (nSPS) is 13.8. The summed E-state index contributed by atoms with van der Waals surface area (Å²) in [6.45, 7) is 1.24. The van der Waals surface area contributed by atoms with Gasteiger partial charge in [0.1, 0.15) is 0 Å². The molecule has 18 heavy (non-hydrogen) atoms. The molecule has 2 nitrogen and oxygen atoms in total. The Balaban J connectivity index is 3.51. The fourth-order valence-corrected chi connectivity index (χ4v) is 1.39. The van der Waals surface area contributed by atoms with Crippen molar-refractivity contribution < 1.29 is 31.4 Å². The van der Waals surface area contributed by atoms with Crippen molar-refractivity contribution in [2.75, 3.05) is 5.73 Å². The summed E-state index contributed by atoms with van der Waals surface area (Å²) < 4.78 is 75.1. The first kappa shape index (κ1) is 14.6. The van der Waals surface area contributed by atoms with Crippen molar-refractivity contribution in [2.24, 2.45) is 0 Å². The molecular formula is C10H9F6NO. The van der Waals surface area contributed by atoms with Gasteiger partial charge in [-0.25, -0.2) is 0 Å². The number of halogens is 6. The molecule has 0 aromatic heterocycles. The van der Waals surface area contributed by atoms with E-state index >= 15 is 0 Å². The van der Waals surface area contributed by atoms with Gasteiger partial charge in [0.2, 0.25) is 0 Å². The van der Waals surface area contributed by atoms with Gasteiger partial charge in [-0.3, -0.25) is 0 Å². The standard InChI is InChI=1S/C10H9F6NO/c1-5-4-6(2-3-7(5)17)8(18,9(11,12)13)10(14,15)16/h2-4,18H,17H2,1H3. The fourth-order valence-electron chi connectivity index (χ4n) is 1.39. The van der Waals surface area contributed by atoms with Gasteiger partial charge in [-0.05, 0) is 18.6 Å². The number of nitrogens with two attached hydrogens (primary N) is 1. The molecule has 3 N–H and O–H groups in total. The van der Waals surface area contributed by atoms with Crippen LogP contribution in [0.25, 0.3) is 0 Å². The van der Waals surface area contributed by atoms with Gasteiger partial charge in [-0.2, -0.15) is 26.3 Å². The minimum absolute atomic E-state index is 0.0134. The lowest BCUT2D eigenvalue weighted by molar-refractivity contribution is -0.376. The first-order chi connectivity index (χ1) is 7.91. The smallest absolute Gasteiger partial charge is 0.399 e. The Morgan fingerprint density at radius 3 is 1.78 bits per heavy atom. The van der Waals surface area contributed by atoms with E-state index in [-0.39, 0.29) is 11.3 Å². The zero-order chi connectivity index (χ0) is 14.4. The van der Waals surface area contributed by atoms with Crippen LogP contribution in [0.15, 0.2) is 18.2 Å². The summed E-state index contributed by atoms with van der Waals surface area (Å²) >= 11 is 0. The van der Waals surface area contributed by atoms with E-state index in [0.29, 0.717) is 12.1 Å². The van der Waals surface area contributed by atoms with Gasteiger partial charge < -0.3 is 10.8 Å². The molecule has 8 heteroatoms. The number of rotatable bonds is 1. The van der Waals surface area contributed by atoms with Gasteiger partial charge in [0.25, 0.3) is 5.60 Å². The van der Waals surface area contributed by atoms with Gasteiger partial charge in [0, 0.05) is 11.3 Å². The molecule has 0 atom stereocenters. The highest BCUT2D eigenvalue weighted by atomic mass is 19.4. The van der Waals surface area contributed by atoms with E-state index in [4.69, 9.17) is 10.8 Å². The van der Waals surface area contributed by atoms with Gasteiger partial charge in [-0.1, -0.05) is 12.1 Å². The zero-order valence-corrected chi connectivity index (χ0v) is 9.02. The van der Waals surface area contributed by atoms with E-state index in [0.717, 1.165) is 6.07 Å². The van der Waals surface area contributed by atoms with Crippen LogP contribution in [0.3, 0.4) is 0 Å². The molecule has 1 aromatic carbocycles. The molecular weight excluding hydrogens is 264 g/mol. The maximum atomic E-state index is 12.5. The van der Waals surface area contributed by atoms with Crippen LogP contribution < -0.4 is 5.73 Å². The number of benzene rings is 1. The lowest BCUT2D eigenvalue weighted by atomic mass is 9.91. The van der Waals surface area contributed by atoms with E-state index in [1.165, 1.54) is 6.92 Å². The third kappa shape index (κ3) is 2.12. The van der Waals surface area contributed by atoms with Gasteiger partial charge >= 0.3 is 12.4 Å². The van der Waals surface area contributed by atoms with E-state index < -0.39 is 23.5 Å². The molecule has 0 aliphatic heterocycles. The number of hydrogen-bond acceptors (Lipinski definition) is 2. The van der Waals surface area contributed by atoms with Gasteiger partial charge in [0.05, 0.1) is 0 Å². The van der Waals surface area contributed by atoms with Crippen LogP contribution in [0.4, 0.5) is 32.0 Å². The summed E-state index contributed by atoms with van der Waals surface area (Å²) in [5.74, 6) is 0. The van der Waals surface area contributed by atoms with E-state index in [1.54, 1.807) is 0 Å². The topological polar surface area (TPSA) is 46.2 Å². The van der Waals surface area contributed by atoms with E-state index in [2.05, 4.69) is 0 Å². The lowest BCUT2D eigenvalue weighted by Gasteiger charge is -2.32. The first-order valence-corrected chi connectivity index (χ1v) is 4.63. The molecule has 1 rings (SSSR count). The second kappa shape index (κ2) is 4.04.